The maximum atomic E-state index is 3.55. The molecule has 4 rings (SSSR count). The van der Waals surface area contributed by atoms with Gasteiger partial charge in [-0.2, -0.15) is 0 Å². The van der Waals surface area contributed by atoms with Crippen LogP contribution < -0.4 is 5.32 Å². The lowest BCUT2D eigenvalue weighted by Gasteiger charge is -2.12. The van der Waals surface area contributed by atoms with Gasteiger partial charge in [-0.25, -0.2) is 0 Å². The Kier molecular flexibility index (Phi) is 4.31. The Morgan fingerprint density at radius 2 is 1.35 bits per heavy atom. The zero-order valence-electron chi connectivity index (χ0n) is 12.7. The monoisotopic (exact) mass is 335 g/mol. The van der Waals surface area contributed by atoms with Gasteiger partial charge < -0.3 is 5.32 Å². The maximum absolute atomic E-state index is 3.55. The van der Waals surface area contributed by atoms with E-state index in [2.05, 4.69) is 78.1 Å². The van der Waals surface area contributed by atoms with Crippen molar-refractivity contribution >= 4 is 29.2 Å². The second-order valence-corrected chi connectivity index (χ2v) is 7.72. The smallest absolute Gasteiger partial charge is 0.0516 e. The Morgan fingerprint density at radius 1 is 0.696 bits per heavy atom. The van der Waals surface area contributed by atoms with Crippen LogP contribution in [0.1, 0.15) is 5.56 Å². The molecule has 0 radical (unpaired) electrons. The van der Waals surface area contributed by atoms with Crippen molar-refractivity contribution in [3.63, 3.8) is 0 Å². The highest BCUT2D eigenvalue weighted by Crippen LogP contribution is 2.42. The van der Waals surface area contributed by atoms with Gasteiger partial charge in [0.1, 0.15) is 0 Å². The van der Waals surface area contributed by atoms with Crippen LogP contribution in [0.2, 0.25) is 0 Å². The molecule has 0 saturated carbocycles. The standard InChI is InChI=1S/C20H17NS2/c1-3-7-16(8-4-1)22-18-13-15-11-12-21-20(15)19(14-18)23-17-9-5-2-6-10-17/h1-10,13-14,21H,11-12H2. The van der Waals surface area contributed by atoms with Gasteiger partial charge in [-0.05, 0) is 48.4 Å². The zero-order valence-corrected chi connectivity index (χ0v) is 14.3. The van der Waals surface area contributed by atoms with Crippen LogP contribution in [0.3, 0.4) is 0 Å². The van der Waals surface area contributed by atoms with E-state index >= 15 is 0 Å². The Balaban J connectivity index is 1.68. The molecule has 1 nitrogen and oxygen atoms in total. The molecule has 1 aliphatic rings. The molecule has 3 aromatic rings. The van der Waals surface area contributed by atoms with Gasteiger partial charge in [0, 0.05) is 26.1 Å². The van der Waals surface area contributed by atoms with E-state index in [1.165, 1.54) is 30.8 Å². The third-order valence-corrected chi connectivity index (χ3v) is 5.83. The summed E-state index contributed by atoms with van der Waals surface area (Å²) < 4.78 is 0. The first kappa shape index (κ1) is 14.7. The van der Waals surface area contributed by atoms with E-state index in [1.807, 2.05) is 23.5 Å². The van der Waals surface area contributed by atoms with Gasteiger partial charge in [0.25, 0.3) is 0 Å². The van der Waals surface area contributed by atoms with Crippen LogP contribution in [0, 0.1) is 0 Å². The minimum Gasteiger partial charge on any atom is -0.384 e. The molecule has 3 heteroatoms. The van der Waals surface area contributed by atoms with Crippen LogP contribution in [0.25, 0.3) is 0 Å². The van der Waals surface area contributed by atoms with Crippen LogP contribution in [0.4, 0.5) is 5.69 Å². The van der Waals surface area contributed by atoms with Crippen LogP contribution in [-0.4, -0.2) is 6.54 Å². The van der Waals surface area contributed by atoms with E-state index in [4.69, 9.17) is 0 Å². The van der Waals surface area contributed by atoms with Gasteiger partial charge in [-0.15, -0.1) is 0 Å². The molecule has 0 aromatic heterocycles. The average Bonchev–Trinajstić information content (AvgIpc) is 3.05. The molecule has 114 valence electrons. The lowest BCUT2D eigenvalue weighted by atomic mass is 10.2. The predicted octanol–water partition coefficient (Wildman–Crippen LogP) is 5.96. The summed E-state index contributed by atoms with van der Waals surface area (Å²) in [5.74, 6) is 0. The molecule has 1 aliphatic heterocycles. The number of benzene rings is 3. The lowest BCUT2D eigenvalue weighted by Crippen LogP contribution is -1.92. The van der Waals surface area contributed by atoms with Crippen LogP contribution >= 0.6 is 23.5 Å². The largest absolute Gasteiger partial charge is 0.384 e. The molecule has 1 heterocycles. The molecule has 0 bridgehead atoms. The van der Waals surface area contributed by atoms with Crippen molar-refractivity contribution in [2.75, 3.05) is 11.9 Å². The van der Waals surface area contributed by atoms with Crippen molar-refractivity contribution in [3.05, 3.63) is 78.4 Å². The predicted molar refractivity (Wildman–Crippen MR) is 99.8 cm³/mol. The molecule has 1 N–H and O–H groups in total. The molecule has 0 spiro atoms. The highest BCUT2D eigenvalue weighted by atomic mass is 32.2. The molecule has 0 fully saturated rings. The van der Waals surface area contributed by atoms with E-state index in [-0.39, 0.29) is 0 Å². The molecule has 23 heavy (non-hydrogen) atoms. The highest BCUT2D eigenvalue weighted by molar-refractivity contribution is 8.00. The van der Waals surface area contributed by atoms with Crippen molar-refractivity contribution in [1.29, 1.82) is 0 Å². The summed E-state index contributed by atoms with van der Waals surface area (Å²) in [6.07, 6.45) is 1.11. The average molecular weight is 335 g/mol. The van der Waals surface area contributed by atoms with Gasteiger partial charge in [0.05, 0.1) is 5.69 Å². The van der Waals surface area contributed by atoms with Gasteiger partial charge >= 0.3 is 0 Å². The van der Waals surface area contributed by atoms with E-state index in [9.17, 15) is 0 Å². The lowest BCUT2D eigenvalue weighted by molar-refractivity contribution is 1.10. The number of nitrogens with one attached hydrogen (secondary N) is 1. The summed E-state index contributed by atoms with van der Waals surface area (Å²) in [7, 11) is 0. The highest BCUT2D eigenvalue weighted by Gasteiger charge is 2.17. The van der Waals surface area contributed by atoms with E-state index < -0.39 is 0 Å². The van der Waals surface area contributed by atoms with Crippen molar-refractivity contribution < 1.29 is 0 Å². The van der Waals surface area contributed by atoms with Crippen molar-refractivity contribution in [1.82, 2.24) is 0 Å². The van der Waals surface area contributed by atoms with E-state index in [0.29, 0.717) is 0 Å². The topological polar surface area (TPSA) is 12.0 Å². The second kappa shape index (κ2) is 6.73. The maximum Gasteiger partial charge on any atom is 0.0516 e. The van der Waals surface area contributed by atoms with Crippen LogP contribution in [0.5, 0.6) is 0 Å². The van der Waals surface area contributed by atoms with E-state index in [1.54, 1.807) is 0 Å². The molecule has 0 atom stereocenters. The molecule has 0 unspecified atom stereocenters. The van der Waals surface area contributed by atoms with Gasteiger partial charge in [0.2, 0.25) is 0 Å². The third kappa shape index (κ3) is 3.41. The Bertz CT molecular complexity index is 801. The number of rotatable bonds is 4. The summed E-state index contributed by atoms with van der Waals surface area (Å²) in [5.41, 5.74) is 2.75. The van der Waals surface area contributed by atoms with Gasteiger partial charge in [-0.3, -0.25) is 0 Å². The first-order valence-electron chi connectivity index (χ1n) is 7.75. The molecule has 0 aliphatic carbocycles. The number of hydrogen-bond acceptors (Lipinski definition) is 3. The number of anilines is 1. The minimum atomic E-state index is 1.04. The summed E-state index contributed by atoms with van der Waals surface area (Å²) in [6.45, 7) is 1.04. The fraction of sp³-hybridized carbons (Fsp3) is 0.100. The van der Waals surface area contributed by atoms with Crippen LogP contribution in [0.15, 0.2) is 92.4 Å². The van der Waals surface area contributed by atoms with E-state index in [0.717, 1.165) is 13.0 Å². The Labute approximate surface area is 145 Å². The fourth-order valence-corrected chi connectivity index (χ4v) is 4.80. The van der Waals surface area contributed by atoms with Crippen molar-refractivity contribution in [2.24, 2.45) is 0 Å². The first-order valence-corrected chi connectivity index (χ1v) is 9.38. The van der Waals surface area contributed by atoms with Gasteiger partial charge in [-0.1, -0.05) is 59.9 Å². The summed E-state index contributed by atoms with van der Waals surface area (Å²) in [4.78, 5) is 5.21. The van der Waals surface area contributed by atoms with Crippen LogP contribution in [-0.2, 0) is 6.42 Å². The zero-order chi connectivity index (χ0) is 15.5. The Hall–Kier alpha value is -1.84. The summed E-state index contributed by atoms with van der Waals surface area (Å²) >= 11 is 3.68. The van der Waals surface area contributed by atoms with Crippen molar-refractivity contribution in [2.45, 2.75) is 26.0 Å². The molecule has 0 saturated heterocycles. The fourth-order valence-electron chi connectivity index (χ4n) is 2.74. The van der Waals surface area contributed by atoms with Crippen molar-refractivity contribution in [3.8, 4) is 0 Å². The quantitative estimate of drug-likeness (QED) is 0.632. The molecular formula is C20H17NS2. The normalized spacial score (nSPS) is 12.7. The first-order chi connectivity index (χ1) is 11.4. The number of fused-ring (bicyclic) bond motifs is 1. The number of hydrogen-bond donors (Lipinski definition) is 1. The molecule has 0 amide bonds. The second-order valence-electron chi connectivity index (χ2n) is 5.46. The third-order valence-electron chi connectivity index (χ3n) is 3.80. The minimum absolute atomic E-state index is 1.04. The van der Waals surface area contributed by atoms with Gasteiger partial charge in [0.15, 0.2) is 0 Å². The molecular weight excluding hydrogens is 318 g/mol. The Morgan fingerprint density at radius 3 is 2.04 bits per heavy atom. The summed E-state index contributed by atoms with van der Waals surface area (Å²) in [5, 5.41) is 3.55. The molecule has 3 aromatic carbocycles. The summed E-state index contributed by atoms with van der Waals surface area (Å²) in [6, 6.07) is 25.8. The SMILES string of the molecule is c1ccc(Sc2cc3c(c(Sc4ccccc4)c2)NCC3)cc1.